The zero-order valence-electron chi connectivity index (χ0n) is 13.7. The van der Waals surface area contributed by atoms with Crippen molar-refractivity contribution >= 4 is 22.7 Å². The lowest BCUT2D eigenvalue weighted by atomic mass is 10.2. The molecule has 0 aliphatic rings. The van der Waals surface area contributed by atoms with Crippen LogP contribution in [0.15, 0.2) is 88.8 Å². The molecule has 3 nitrogen and oxygen atoms in total. The number of ether oxygens (including phenoxy) is 1. The van der Waals surface area contributed by atoms with Crippen LogP contribution in [-0.4, -0.2) is 17.1 Å². The third-order valence-electron chi connectivity index (χ3n) is 3.86. The molecule has 0 saturated heterocycles. The summed E-state index contributed by atoms with van der Waals surface area (Å²) in [5, 5.41) is 1.92. The van der Waals surface area contributed by atoms with Crippen molar-refractivity contribution in [2.75, 3.05) is 7.11 Å². The van der Waals surface area contributed by atoms with Crippen molar-refractivity contribution in [2.24, 2.45) is 0 Å². The van der Waals surface area contributed by atoms with E-state index in [0.29, 0.717) is 0 Å². The second kappa shape index (κ2) is 6.95. The Hall–Kier alpha value is -2.85. The molecule has 0 bridgehead atoms. The van der Waals surface area contributed by atoms with Gasteiger partial charge in [-0.1, -0.05) is 60.3 Å². The average Bonchev–Trinajstić information content (AvgIpc) is 2.69. The summed E-state index contributed by atoms with van der Waals surface area (Å²) in [5.41, 5.74) is 1.92. The van der Waals surface area contributed by atoms with Gasteiger partial charge >= 0.3 is 0 Å². The molecule has 0 aliphatic carbocycles. The molecule has 0 saturated carbocycles. The molecule has 0 N–H and O–H groups in total. The Bertz CT molecular complexity index is 1000. The Morgan fingerprint density at radius 2 is 1.52 bits per heavy atom. The highest BCUT2D eigenvalue weighted by atomic mass is 32.2. The Labute approximate surface area is 150 Å². The normalized spacial score (nSPS) is 10.8. The Balaban J connectivity index is 1.89. The molecular formula is C21H16N2OS. The van der Waals surface area contributed by atoms with Gasteiger partial charge in [0.15, 0.2) is 5.82 Å². The van der Waals surface area contributed by atoms with Gasteiger partial charge < -0.3 is 4.74 Å². The lowest BCUT2D eigenvalue weighted by Crippen LogP contribution is -1.94. The van der Waals surface area contributed by atoms with Crippen molar-refractivity contribution in [1.82, 2.24) is 9.97 Å². The van der Waals surface area contributed by atoms with E-state index in [-0.39, 0.29) is 0 Å². The van der Waals surface area contributed by atoms with Gasteiger partial charge in [0.2, 0.25) is 0 Å². The number of aromatic nitrogens is 2. The van der Waals surface area contributed by atoms with Crippen molar-refractivity contribution < 1.29 is 4.74 Å². The number of methoxy groups -OCH3 is 1. The lowest BCUT2D eigenvalue weighted by Gasteiger charge is -2.10. The highest BCUT2D eigenvalue weighted by Gasteiger charge is 2.12. The summed E-state index contributed by atoms with van der Waals surface area (Å²) in [6, 6.07) is 26.2. The first-order valence-electron chi connectivity index (χ1n) is 7.97. The summed E-state index contributed by atoms with van der Waals surface area (Å²) in [6.45, 7) is 0. The Kier molecular flexibility index (Phi) is 4.36. The zero-order valence-corrected chi connectivity index (χ0v) is 14.5. The van der Waals surface area contributed by atoms with Gasteiger partial charge in [0, 0.05) is 15.8 Å². The van der Waals surface area contributed by atoms with Crippen LogP contribution in [0.2, 0.25) is 0 Å². The second-order valence-electron chi connectivity index (χ2n) is 5.52. The van der Waals surface area contributed by atoms with Gasteiger partial charge in [0.25, 0.3) is 0 Å². The third-order valence-corrected chi connectivity index (χ3v) is 4.87. The van der Waals surface area contributed by atoms with E-state index in [0.717, 1.165) is 38.0 Å². The van der Waals surface area contributed by atoms with E-state index in [1.165, 1.54) is 0 Å². The summed E-state index contributed by atoms with van der Waals surface area (Å²) in [4.78, 5) is 10.7. The Morgan fingerprint density at radius 1 is 0.800 bits per heavy atom. The fraction of sp³-hybridized carbons (Fsp3) is 0.0476. The maximum absolute atomic E-state index is 5.38. The molecule has 0 aliphatic heterocycles. The van der Waals surface area contributed by atoms with E-state index < -0.39 is 0 Å². The van der Waals surface area contributed by atoms with Crippen LogP contribution < -0.4 is 4.74 Å². The third kappa shape index (κ3) is 3.35. The monoisotopic (exact) mass is 344 g/mol. The van der Waals surface area contributed by atoms with Gasteiger partial charge in [0.05, 0.1) is 12.6 Å². The minimum absolute atomic E-state index is 0.733. The summed E-state index contributed by atoms with van der Waals surface area (Å²) in [5.74, 6) is 1.54. The number of fused-ring (bicyclic) bond motifs is 1. The predicted octanol–water partition coefficient (Wildman–Crippen LogP) is 5.46. The lowest BCUT2D eigenvalue weighted by molar-refractivity contribution is 0.415. The molecule has 0 atom stereocenters. The van der Waals surface area contributed by atoms with E-state index in [4.69, 9.17) is 14.7 Å². The number of rotatable bonds is 4. The van der Waals surface area contributed by atoms with Crippen LogP contribution in [0.25, 0.3) is 22.3 Å². The fourth-order valence-electron chi connectivity index (χ4n) is 2.60. The van der Waals surface area contributed by atoms with E-state index in [9.17, 15) is 0 Å². The van der Waals surface area contributed by atoms with Gasteiger partial charge in [0.1, 0.15) is 10.8 Å². The molecular weight excluding hydrogens is 328 g/mol. The molecule has 0 fully saturated rings. The molecule has 4 aromatic rings. The van der Waals surface area contributed by atoms with Crippen molar-refractivity contribution in [1.29, 1.82) is 0 Å². The molecule has 3 aromatic carbocycles. The van der Waals surface area contributed by atoms with Crippen LogP contribution in [0.4, 0.5) is 0 Å². The minimum atomic E-state index is 0.733. The maximum atomic E-state index is 5.38. The van der Waals surface area contributed by atoms with Crippen LogP contribution in [0.5, 0.6) is 5.75 Å². The predicted molar refractivity (Wildman–Crippen MR) is 102 cm³/mol. The molecule has 122 valence electrons. The van der Waals surface area contributed by atoms with E-state index >= 15 is 0 Å². The highest BCUT2D eigenvalue weighted by Crippen LogP contribution is 2.34. The van der Waals surface area contributed by atoms with Gasteiger partial charge in [-0.05, 0) is 30.3 Å². The average molecular weight is 344 g/mol. The summed E-state index contributed by atoms with van der Waals surface area (Å²) >= 11 is 1.64. The smallest absolute Gasteiger partial charge is 0.161 e. The van der Waals surface area contributed by atoms with Crippen molar-refractivity contribution in [3.63, 3.8) is 0 Å². The topological polar surface area (TPSA) is 35.0 Å². The first-order chi connectivity index (χ1) is 12.3. The first-order valence-corrected chi connectivity index (χ1v) is 8.79. The minimum Gasteiger partial charge on any atom is -0.497 e. The SMILES string of the molecule is COc1ccc2nc(-c3ccccc3)nc(Sc3ccccc3)c2c1. The van der Waals surface area contributed by atoms with Gasteiger partial charge in [-0.2, -0.15) is 0 Å². The highest BCUT2D eigenvalue weighted by molar-refractivity contribution is 7.99. The van der Waals surface area contributed by atoms with E-state index in [1.54, 1.807) is 18.9 Å². The summed E-state index contributed by atoms with van der Waals surface area (Å²) in [6.07, 6.45) is 0. The number of hydrogen-bond acceptors (Lipinski definition) is 4. The largest absolute Gasteiger partial charge is 0.497 e. The fourth-order valence-corrected chi connectivity index (χ4v) is 3.52. The van der Waals surface area contributed by atoms with Crippen molar-refractivity contribution in [2.45, 2.75) is 9.92 Å². The molecule has 0 spiro atoms. The van der Waals surface area contributed by atoms with Crippen LogP contribution in [0.1, 0.15) is 0 Å². The molecule has 0 unspecified atom stereocenters. The first kappa shape index (κ1) is 15.7. The van der Waals surface area contributed by atoms with Crippen molar-refractivity contribution in [3.8, 4) is 17.1 Å². The molecule has 1 heterocycles. The van der Waals surface area contributed by atoms with Gasteiger partial charge in [-0.3, -0.25) is 0 Å². The van der Waals surface area contributed by atoms with Crippen molar-refractivity contribution in [3.05, 3.63) is 78.9 Å². The second-order valence-corrected chi connectivity index (χ2v) is 6.58. The quantitative estimate of drug-likeness (QED) is 0.461. The molecule has 25 heavy (non-hydrogen) atoms. The number of benzene rings is 3. The van der Waals surface area contributed by atoms with Crippen LogP contribution in [0.3, 0.4) is 0 Å². The van der Waals surface area contributed by atoms with Gasteiger partial charge in [-0.15, -0.1) is 0 Å². The number of hydrogen-bond donors (Lipinski definition) is 0. The van der Waals surface area contributed by atoms with Crippen LogP contribution in [0, 0.1) is 0 Å². The summed E-state index contributed by atoms with van der Waals surface area (Å²) in [7, 11) is 1.67. The Morgan fingerprint density at radius 3 is 2.24 bits per heavy atom. The molecule has 4 rings (SSSR count). The standard InChI is InChI=1S/C21H16N2OS/c1-24-16-12-13-19-18(14-16)21(25-17-10-6-3-7-11-17)23-20(22-19)15-8-4-2-5-9-15/h2-14H,1H3. The van der Waals surface area contributed by atoms with E-state index in [2.05, 4.69) is 12.1 Å². The summed E-state index contributed by atoms with van der Waals surface area (Å²) < 4.78 is 5.38. The molecule has 0 amide bonds. The molecule has 1 aromatic heterocycles. The maximum Gasteiger partial charge on any atom is 0.161 e. The van der Waals surface area contributed by atoms with Crippen LogP contribution in [-0.2, 0) is 0 Å². The molecule has 0 radical (unpaired) electrons. The van der Waals surface area contributed by atoms with Crippen LogP contribution >= 0.6 is 11.8 Å². The van der Waals surface area contributed by atoms with Gasteiger partial charge in [-0.25, -0.2) is 9.97 Å². The molecule has 4 heteroatoms. The zero-order chi connectivity index (χ0) is 17.1. The number of nitrogens with zero attached hydrogens (tertiary/aromatic N) is 2. The van der Waals surface area contributed by atoms with E-state index in [1.807, 2.05) is 66.7 Å².